The van der Waals surface area contributed by atoms with E-state index in [1.54, 1.807) is 49.4 Å². The molecular weight excluding hydrogens is 466 g/mol. The van der Waals surface area contributed by atoms with E-state index in [2.05, 4.69) is 26.5 Å². The number of carbonyl (C=O) groups excluding carboxylic acids is 1. The maximum atomic E-state index is 13.2. The van der Waals surface area contributed by atoms with Gasteiger partial charge in [-0.3, -0.25) is 9.10 Å². The van der Waals surface area contributed by atoms with Crippen LogP contribution in [0.4, 0.5) is 5.69 Å². The molecule has 0 unspecified atom stereocenters. The van der Waals surface area contributed by atoms with Gasteiger partial charge in [0.1, 0.15) is 6.54 Å². The highest BCUT2D eigenvalue weighted by Crippen LogP contribution is 2.25. The molecule has 0 aromatic heterocycles. The van der Waals surface area contributed by atoms with E-state index in [-0.39, 0.29) is 4.90 Å². The molecule has 0 saturated carbocycles. The summed E-state index contributed by atoms with van der Waals surface area (Å²) in [6.45, 7) is 1.35. The van der Waals surface area contributed by atoms with Gasteiger partial charge in [0.15, 0.2) is 0 Å². The molecule has 0 saturated heterocycles. The van der Waals surface area contributed by atoms with E-state index in [1.807, 2.05) is 30.3 Å². The lowest BCUT2D eigenvalue weighted by atomic mass is 10.1. The Balaban J connectivity index is 1.86. The normalized spacial score (nSPS) is 11.7. The number of amides is 1. The van der Waals surface area contributed by atoms with Crippen LogP contribution < -0.4 is 9.73 Å². The van der Waals surface area contributed by atoms with Gasteiger partial charge in [-0.1, -0.05) is 64.5 Å². The van der Waals surface area contributed by atoms with Crippen LogP contribution in [0, 0.1) is 0 Å². The van der Waals surface area contributed by atoms with Gasteiger partial charge < -0.3 is 0 Å². The highest BCUT2D eigenvalue weighted by Gasteiger charge is 2.27. The Bertz CT molecular complexity index is 1130. The lowest BCUT2D eigenvalue weighted by Crippen LogP contribution is -2.39. The molecule has 1 amide bonds. The number of anilines is 1. The molecule has 0 spiro atoms. The van der Waals surface area contributed by atoms with Crippen LogP contribution in [0.1, 0.15) is 12.5 Å². The highest BCUT2D eigenvalue weighted by atomic mass is 79.9. The standard InChI is InChI=1S/C22H20BrN3O3S/c1-17(18-8-4-2-5-9-18)24-25-22(27)16-26(20-14-12-19(23)13-15-20)30(28,29)21-10-6-3-7-11-21/h2-15H,16H2,1H3,(H,25,27)/b24-17-. The minimum absolute atomic E-state index is 0.102. The zero-order chi connectivity index (χ0) is 21.6. The molecule has 1 N–H and O–H groups in total. The maximum Gasteiger partial charge on any atom is 0.264 e. The third kappa shape index (κ3) is 5.34. The van der Waals surface area contributed by atoms with Crippen molar-refractivity contribution in [1.29, 1.82) is 0 Å². The molecule has 154 valence electrons. The van der Waals surface area contributed by atoms with Gasteiger partial charge in [-0.05, 0) is 48.9 Å². The predicted molar refractivity (Wildman–Crippen MR) is 122 cm³/mol. The summed E-state index contributed by atoms with van der Waals surface area (Å²) >= 11 is 3.34. The third-order valence-corrected chi connectivity index (χ3v) is 6.59. The molecule has 8 heteroatoms. The second-order valence-electron chi connectivity index (χ2n) is 6.40. The Kier molecular flexibility index (Phi) is 7.02. The van der Waals surface area contributed by atoms with Gasteiger partial charge in [-0.25, -0.2) is 13.8 Å². The maximum absolute atomic E-state index is 13.2. The Morgan fingerprint density at radius 1 is 0.933 bits per heavy atom. The topological polar surface area (TPSA) is 78.8 Å². The molecule has 0 bridgehead atoms. The van der Waals surface area contributed by atoms with E-state index < -0.39 is 22.5 Å². The number of carbonyl (C=O) groups is 1. The summed E-state index contributed by atoms with van der Waals surface area (Å²) in [4.78, 5) is 12.7. The number of hydrogen-bond acceptors (Lipinski definition) is 4. The average Bonchev–Trinajstić information content (AvgIpc) is 2.77. The molecule has 3 aromatic carbocycles. The van der Waals surface area contributed by atoms with E-state index in [4.69, 9.17) is 0 Å². The zero-order valence-corrected chi connectivity index (χ0v) is 18.6. The molecule has 0 atom stereocenters. The molecule has 0 aliphatic carbocycles. The van der Waals surface area contributed by atoms with E-state index >= 15 is 0 Å². The summed E-state index contributed by atoms with van der Waals surface area (Å²) < 4.78 is 28.3. The average molecular weight is 486 g/mol. The quantitative estimate of drug-likeness (QED) is 0.402. The van der Waals surface area contributed by atoms with Crippen LogP contribution in [0.5, 0.6) is 0 Å². The number of halogens is 1. The molecule has 0 radical (unpaired) electrons. The first-order valence-electron chi connectivity index (χ1n) is 9.10. The molecule has 3 rings (SSSR count). The lowest BCUT2D eigenvalue weighted by Gasteiger charge is -2.23. The lowest BCUT2D eigenvalue weighted by molar-refractivity contribution is -0.119. The van der Waals surface area contributed by atoms with Crippen LogP contribution in [-0.2, 0) is 14.8 Å². The number of hydrazone groups is 1. The first kappa shape index (κ1) is 21.7. The Morgan fingerprint density at radius 2 is 1.50 bits per heavy atom. The summed E-state index contributed by atoms with van der Waals surface area (Å²) in [6.07, 6.45) is 0. The number of sulfonamides is 1. The predicted octanol–water partition coefficient (Wildman–Crippen LogP) is 4.18. The smallest absolute Gasteiger partial charge is 0.264 e. The molecule has 0 fully saturated rings. The summed E-state index contributed by atoms with van der Waals surface area (Å²) in [5, 5.41) is 4.10. The van der Waals surface area contributed by atoms with Gasteiger partial charge in [0.05, 0.1) is 16.3 Å². The Hall–Kier alpha value is -2.97. The van der Waals surface area contributed by atoms with Crippen LogP contribution in [0.2, 0.25) is 0 Å². The van der Waals surface area contributed by atoms with Crippen molar-refractivity contribution in [2.24, 2.45) is 5.10 Å². The van der Waals surface area contributed by atoms with Gasteiger partial charge in [0.25, 0.3) is 15.9 Å². The molecule has 6 nitrogen and oxygen atoms in total. The van der Waals surface area contributed by atoms with E-state index in [1.165, 1.54) is 12.1 Å². The van der Waals surface area contributed by atoms with Crippen molar-refractivity contribution in [1.82, 2.24) is 5.43 Å². The number of hydrogen-bond donors (Lipinski definition) is 1. The zero-order valence-electron chi connectivity index (χ0n) is 16.2. The van der Waals surface area contributed by atoms with Crippen LogP contribution >= 0.6 is 15.9 Å². The molecule has 30 heavy (non-hydrogen) atoms. The second kappa shape index (κ2) is 9.69. The van der Waals surface area contributed by atoms with E-state index in [9.17, 15) is 13.2 Å². The van der Waals surface area contributed by atoms with Crippen molar-refractivity contribution in [3.05, 3.63) is 95.0 Å². The van der Waals surface area contributed by atoms with Crippen LogP contribution in [-0.4, -0.2) is 26.6 Å². The van der Waals surface area contributed by atoms with E-state index in [0.717, 1.165) is 14.3 Å². The fourth-order valence-electron chi connectivity index (χ4n) is 2.70. The molecule has 3 aromatic rings. The van der Waals surface area contributed by atoms with Crippen LogP contribution in [0.3, 0.4) is 0 Å². The molecule has 0 heterocycles. The Labute approximate surface area is 184 Å². The van der Waals surface area contributed by atoms with Gasteiger partial charge in [0.2, 0.25) is 0 Å². The number of rotatable bonds is 7. The first-order chi connectivity index (χ1) is 14.4. The monoisotopic (exact) mass is 485 g/mol. The summed E-state index contributed by atoms with van der Waals surface area (Å²) in [5.74, 6) is -0.548. The van der Waals surface area contributed by atoms with Gasteiger partial charge >= 0.3 is 0 Å². The van der Waals surface area contributed by atoms with Crippen molar-refractivity contribution >= 4 is 43.3 Å². The minimum atomic E-state index is -3.94. The van der Waals surface area contributed by atoms with Crippen molar-refractivity contribution in [3.8, 4) is 0 Å². The summed E-state index contributed by atoms with van der Waals surface area (Å²) in [5.41, 5.74) is 4.30. The van der Waals surface area contributed by atoms with Gasteiger partial charge in [-0.15, -0.1) is 0 Å². The van der Waals surface area contributed by atoms with Gasteiger partial charge in [0, 0.05) is 4.47 Å². The minimum Gasteiger partial charge on any atom is -0.271 e. The Morgan fingerprint density at radius 3 is 2.10 bits per heavy atom. The third-order valence-electron chi connectivity index (χ3n) is 4.27. The van der Waals surface area contributed by atoms with E-state index in [0.29, 0.717) is 11.4 Å². The number of nitrogens with one attached hydrogen (secondary N) is 1. The fraction of sp³-hybridized carbons (Fsp3) is 0.0909. The SMILES string of the molecule is C/C(=N/NC(=O)CN(c1ccc(Br)cc1)S(=O)(=O)c1ccccc1)c1ccccc1. The molecule has 0 aliphatic heterocycles. The molecular formula is C22H20BrN3O3S. The summed E-state index contributed by atoms with van der Waals surface area (Å²) in [7, 11) is -3.94. The van der Waals surface area contributed by atoms with Crippen molar-refractivity contribution < 1.29 is 13.2 Å². The van der Waals surface area contributed by atoms with Crippen molar-refractivity contribution in [2.45, 2.75) is 11.8 Å². The number of benzene rings is 3. The number of nitrogens with zero attached hydrogens (tertiary/aromatic N) is 2. The fourth-order valence-corrected chi connectivity index (χ4v) is 4.40. The van der Waals surface area contributed by atoms with Crippen molar-refractivity contribution in [3.63, 3.8) is 0 Å². The first-order valence-corrected chi connectivity index (χ1v) is 11.3. The largest absolute Gasteiger partial charge is 0.271 e. The highest BCUT2D eigenvalue weighted by molar-refractivity contribution is 9.10. The summed E-state index contributed by atoms with van der Waals surface area (Å²) in [6, 6.07) is 24.1. The van der Waals surface area contributed by atoms with Gasteiger partial charge in [-0.2, -0.15) is 5.10 Å². The van der Waals surface area contributed by atoms with Crippen LogP contribution in [0.15, 0.2) is 99.4 Å². The van der Waals surface area contributed by atoms with Crippen molar-refractivity contribution in [2.75, 3.05) is 10.8 Å². The second-order valence-corrected chi connectivity index (χ2v) is 9.18. The molecule has 0 aliphatic rings. The van der Waals surface area contributed by atoms with Crippen LogP contribution in [0.25, 0.3) is 0 Å².